The smallest absolute Gasteiger partial charge is 0.140 e. The SMILES string of the molecule is C=CC(O)c1oc2ccc(F)cc2c1C. The monoisotopic (exact) mass is 206 g/mol. The fourth-order valence-electron chi connectivity index (χ4n) is 1.60. The minimum Gasteiger partial charge on any atom is -0.458 e. The van der Waals surface area contributed by atoms with Crippen LogP contribution in [0.25, 0.3) is 11.0 Å². The number of aryl methyl sites for hydroxylation is 1. The van der Waals surface area contributed by atoms with Gasteiger partial charge in [0, 0.05) is 10.9 Å². The van der Waals surface area contributed by atoms with E-state index >= 15 is 0 Å². The van der Waals surface area contributed by atoms with Crippen LogP contribution in [0.4, 0.5) is 4.39 Å². The van der Waals surface area contributed by atoms with E-state index in [0.717, 1.165) is 5.56 Å². The van der Waals surface area contributed by atoms with E-state index in [1.165, 1.54) is 18.2 Å². The average molecular weight is 206 g/mol. The van der Waals surface area contributed by atoms with Crippen LogP contribution in [0.5, 0.6) is 0 Å². The predicted molar refractivity (Wildman–Crippen MR) is 56.1 cm³/mol. The van der Waals surface area contributed by atoms with Gasteiger partial charge in [0.1, 0.15) is 23.3 Å². The molecular formula is C12H11FO2. The lowest BCUT2D eigenvalue weighted by Gasteiger charge is -2.00. The first kappa shape index (κ1) is 9.93. The molecule has 1 aromatic carbocycles. The van der Waals surface area contributed by atoms with Crippen molar-refractivity contribution >= 4 is 11.0 Å². The van der Waals surface area contributed by atoms with Crippen molar-refractivity contribution in [2.75, 3.05) is 0 Å². The van der Waals surface area contributed by atoms with Gasteiger partial charge in [0.05, 0.1) is 0 Å². The van der Waals surface area contributed by atoms with Gasteiger partial charge in [0.15, 0.2) is 0 Å². The number of aliphatic hydroxyl groups is 1. The highest BCUT2D eigenvalue weighted by atomic mass is 19.1. The normalized spacial score (nSPS) is 13.0. The molecule has 0 saturated carbocycles. The van der Waals surface area contributed by atoms with Gasteiger partial charge in [-0.05, 0) is 25.1 Å². The third kappa shape index (κ3) is 1.55. The first-order chi connectivity index (χ1) is 7.13. The highest BCUT2D eigenvalue weighted by molar-refractivity contribution is 5.82. The number of benzene rings is 1. The number of hydrogen-bond acceptors (Lipinski definition) is 2. The molecule has 0 aliphatic carbocycles. The van der Waals surface area contributed by atoms with Crippen LogP contribution in [0.1, 0.15) is 17.4 Å². The second-order valence-corrected chi connectivity index (χ2v) is 3.41. The molecule has 0 fully saturated rings. The van der Waals surface area contributed by atoms with Gasteiger partial charge in [0.25, 0.3) is 0 Å². The quantitative estimate of drug-likeness (QED) is 0.766. The fourth-order valence-corrected chi connectivity index (χ4v) is 1.60. The van der Waals surface area contributed by atoms with Crippen molar-refractivity contribution in [3.8, 4) is 0 Å². The Labute approximate surface area is 86.6 Å². The van der Waals surface area contributed by atoms with Crippen molar-refractivity contribution in [1.82, 2.24) is 0 Å². The second-order valence-electron chi connectivity index (χ2n) is 3.41. The van der Waals surface area contributed by atoms with Crippen LogP contribution in [-0.2, 0) is 0 Å². The summed E-state index contributed by atoms with van der Waals surface area (Å²) in [4.78, 5) is 0. The van der Waals surface area contributed by atoms with Gasteiger partial charge in [-0.3, -0.25) is 0 Å². The number of rotatable bonds is 2. The maximum Gasteiger partial charge on any atom is 0.140 e. The molecule has 15 heavy (non-hydrogen) atoms. The van der Waals surface area contributed by atoms with E-state index < -0.39 is 6.10 Å². The van der Waals surface area contributed by atoms with E-state index in [2.05, 4.69) is 6.58 Å². The zero-order valence-corrected chi connectivity index (χ0v) is 8.33. The summed E-state index contributed by atoms with van der Waals surface area (Å²) in [6, 6.07) is 4.28. The van der Waals surface area contributed by atoms with Crippen molar-refractivity contribution in [2.24, 2.45) is 0 Å². The summed E-state index contributed by atoms with van der Waals surface area (Å²) in [5, 5.41) is 10.3. The lowest BCUT2D eigenvalue weighted by atomic mass is 10.1. The maximum absolute atomic E-state index is 13.0. The molecule has 1 atom stereocenters. The molecule has 1 N–H and O–H groups in total. The van der Waals surface area contributed by atoms with E-state index in [1.807, 2.05) is 0 Å². The zero-order chi connectivity index (χ0) is 11.0. The Morgan fingerprint density at radius 1 is 1.53 bits per heavy atom. The molecule has 78 valence electrons. The molecule has 0 bridgehead atoms. The minimum atomic E-state index is -0.847. The standard InChI is InChI=1S/C12H11FO2/c1-3-10(14)12-7(2)9-6-8(13)4-5-11(9)15-12/h3-6,10,14H,1H2,2H3. The second kappa shape index (κ2) is 3.51. The summed E-state index contributed by atoms with van der Waals surface area (Å²) in [6.07, 6.45) is 0.529. The van der Waals surface area contributed by atoms with Gasteiger partial charge in [-0.15, -0.1) is 6.58 Å². The molecule has 1 heterocycles. The minimum absolute atomic E-state index is 0.314. The largest absolute Gasteiger partial charge is 0.458 e. The molecule has 2 rings (SSSR count). The topological polar surface area (TPSA) is 33.4 Å². The summed E-state index contributed by atoms with van der Waals surface area (Å²) in [5.41, 5.74) is 1.32. The molecule has 2 aromatic rings. The number of furan rings is 1. The van der Waals surface area contributed by atoms with Crippen molar-refractivity contribution < 1.29 is 13.9 Å². The number of fused-ring (bicyclic) bond motifs is 1. The average Bonchev–Trinajstić information content (AvgIpc) is 2.55. The molecule has 0 aliphatic rings. The van der Waals surface area contributed by atoms with Crippen LogP contribution in [0.2, 0.25) is 0 Å². The van der Waals surface area contributed by atoms with Crippen LogP contribution in [0, 0.1) is 12.7 Å². The molecule has 0 aliphatic heterocycles. The van der Waals surface area contributed by atoms with Crippen LogP contribution in [0.15, 0.2) is 35.3 Å². The molecular weight excluding hydrogens is 195 g/mol. The van der Waals surface area contributed by atoms with Gasteiger partial charge < -0.3 is 9.52 Å². The summed E-state index contributed by atoms with van der Waals surface area (Å²) in [5.74, 6) is 0.108. The highest BCUT2D eigenvalue weighted by Crippen LogP contribution is 2.30. The third-order valence-corrected chi connectivity index (χ3v) is 2.43. The van der Waals surface area contributed by atoms with E-state index in [1.54, 1.807) is 13.0 Å². The molecule has 0 saturated heterocycles. The lowest BCUT2D eigenvalue weighted by Crippen LogP contribution is -1.91. The van der Waals surface area contributed by atoms with Gasteiger partial charge in [-0.2, -0.15) is 0 Å². The van der Waals surface area contributed by atoms with Crippen LogP contribution >= 0.6 is 0 Å². The lowest BCUT2D eigenvalue weighted by molar-refractivity contribution is 0.199. The fraction of sp³-hybridized carbons (Fsp3) is 0.167. The maximum atomic E-state index is 13.0. The first-order valence-electron chi connectivity index (χ1n) is 4.62. The van der Waals surface area contributed by atoms with E-state index in [0.29, 0.717) is 16.7 Å². The molecule has 0 amide bonds. The van der Waals surface area contributed by atoms with E-state index in [4.69, 9.17) is 4.42 Å². The molecule has 3 heteroatoms. The number of hydrogen-bond donors (Lipinski definition) is 1. The van der Waals surface area contributed by atoms with Crippen molar-refractivity contribution in [1.29, 1.82) is 0 Å². The van der Waals surface area contributed by atoms with Crippen molar-refractivity contribution in [2.45, 2.75) is 13.0 Å². The molecule has 2 nitrogen and oxygen atoms in total. The molecule has 1 aromatic heterocycles. The first-order valence-corrected chi connectivity index (χ1v) is 4.62. The Morgan fingerprint density at radius 2 is 2.27 bits per heavy atom. The highest BCUT2D eigenvalue weighted by Gasteiger charge is 2.15. The molecule has 0 spiro atoms. The summed E-state index contributed by atoms with van der Waals surface area (Å²) < 4.78 is 18.4. The van der Waals surface area contributed by atoms with Gasteiger partial charge in [-0.1, -0.05) is 6.08 Å². The summed E-state index contributed by atoms with van der Waals surface area (Å²) in [7, 11) is 0. The van der Waals surface area contributed by atoms with Gasteiger partial charge >= 0.3 is 0 Å². The Balaban J connectivity index is 2.69. The summed E-state index contributed by atoms with van der Waals surface area (Å²) >= 11 is 0. The van der Waals surface area contributed by atoms with Crippen LogP contribution in [-0.4, -0.2) is 5.11 Å². The Kier molecular flexibility index (Phi) is 2.32. The Morgan fingerprint density at radius 3 is 2.93 bits per heavy atom. The van der Waals surface area contributed by atoms with E-state index in [9.17, 15) is 9.50 Å². The van der Waals surface area contributed by atoms with Gasteiger partial charge in [0.2, 0.25) is 0 Å². The van der Waals surface area contributed by atoms with Gasteiger partial charge in [-0.25, -0.2) is 4.39 Å². The van der Waals surface area contributed by atoms with Crippen LogP contribution in [0.3, 0.4) is 0 Å². The molecule has 0 radical (unpaired) electrons. The number of aliphatic hydroxyl groups excluding tert-OH is 1. The van der Waals surface area contributed by atoms with Crippen molar-refractivity contribution in [3.05, 3.63) is 48.0 Å². The third-order valence-electron chi connectivity index (χ3n) is 2.43. The van der Waals surface area contributed by atoms with Crippen molar-refractivity contribution in [3.63, 3.8) is 0 Å². The summed E-state index contributed by atoms with van der Waals surface area (Å²) in [6.45, 7) is 5.27. The number of halogens is 1. The van der Waals surface area contributed by atoms with E-state index in [-0.39, 0.29) is 5.82 Å². The molecule has 1 unspecified atom stereocenters. The van der Waals surface area contributed by atoms with Crippen LogP contribution < -0.4 is 0 Å². The Bertz CT molecular complexity index is 514. The zero-order valence-electron chi connectivity index (χ0n) is 8.33. The Hall–Kier alpha value is -1.61. The predicted octanol–water partition coefficient (Wildman–Crippen LogP) is 3.10.